The Morgan fingerprint density at radius 2 is 1.91 bits per heavy atom. The first-order chi connectivity index (χ1) is 11.1. The van der Waals surface area contributed by atoms with Crippen LogP contribution in [0.5, 0.6) is 0 Å². The molecule has 1 atom stereocenters. The Morgan fingerprint density at radius 1 is 1.13 bits per heavy atom. The second-order valence-corrected chi connectivity index (χ2v) is 5.97. The van der Waals surface area contributed by atoms with Crippen molar-refractivity contribution in [1.29, 1.82) is 0 Å². The third-order valence-corrected chi connectivity index (χ3v) is 4.40. The van der Waals surface area contributed by atoms with Crippen LogP contribution in [0.25, 0.3) is 10.9 Å². The summed E-state index contributed by atoms with van der Waals surface area (Å²) >= 11 is 0. The summed E-state index contributed by atoms with van der Waals surface area (Å²) in [6.45, 7) is 2.10. The van der Waals surface area contributed by atoms with Crippen LogP contribution in [0.4, 0.5) is 5.69 Å². The lowest BCUT2D eigenvalue weighted by molar-refractivity contribution is 0.102. The van der Waals surface area contributed by atoms with Gasteiger partial charge in [-0.25, -0.2) is 0 Å². The average molecular weight is 304 g/mol. The first-order valence-corrected chi connectivity index (χ1v) is 7.68. The van der Waals surface area contributed by atoms with Crippen molar-refractivity contribution in [2.75, 3.05) is 5.32 Å². The molecule has 1 aliphatic rings. The number of amides is 1. The van der Waals surface area contributed by atoms with Gasteiger partial charge in [-0.1, -0.05) is 30.3 Å². The van der Waals surface area contributed by atoms with Gasteiger partial charge in [0, 0.05) is 23.3 Å². The van der Waals surface area contributed by atoms with E-state index in [0.29, 0.717) is 11.1 Å². The third-order valence-electron chi connectivity index (χ3n) is 4.40. The van der Waals surface area contributed by atoms with Crippen LogP contribution < -0.4 is 10.7 Å². The van der Waals surface area contributed by atoms with E-state index < -0.39 is 0 Å². The zero-order valence-electron chi connectivity index (χ0n) is 12.7. The number of carbonyl (C=O) groups excluding carboxylic acids is 1. The molecular weight excluding hydrogens is 288 g/mol. The van der Waals surface area contributed by atoms with Gasteiger partial charge in [-0.05, 0) is 37.1 Å². The van der Waals surface area contributed by atoms with Crippen LogP contribution in [-0.4, -0.2) is 10.5 Å². The topological polar surface area (TPSA) is 51.1 Å². The number of nitrogens with zero attached hydrogens (tertiary/aromatic N) is 1. The SMILES string of the molecule is C[C@H]1Cc2cccc3c(=O)c(C(=O)Nc4ccccc4)cn1c23. The fourth-order valence-electron chi connectivity index (χ4n) is 3.30. The fourth-order valence-corrected chi connectivity index (χ4v) is 3.30. The highest BCUT2D eigenvalue weighted by atomic mass is 16.2. The molecule has 0 bridgehead atoms. The number of benzene rings is 2. The van der Waals surface area contributed by atoms with Gasteiger partial charge in [-0.3, -0.25) is 9.59 Å². The lowest BCUT2D eigenvalue weighted by atomic mass is 10.1. The monoisotopic (exact) mass is 304 g/mol. The summed E-state index contributed by atoms with van der Waals surface area (Å²) in [7, 11) is 0. The third kappa shape index (κ3) is 2.14. The Bertz CT molecular complexity index is 974. The van der Waals surface area contributed by atoms with Crippen LogP contribution in [0.15, 0.2) is 59.5 Å². The highest BCUT2D eigenvalue weighted by molar-refractivity contribution is 6.06. The summed E-state index contributed by atoms with van der Waals surface area (Å²) < 4.78 is 2.05. The van der Waals surface area contributed by atoms with E-state index in [0.717, 1.165) is 11.9 Å². The largest absolute Gasteiger partial charge is 0.343 e. The molecule has 4 rings (SSSR count). The molecule has 0 unspecified atom stereocenters. The van der Waals surface area contributed by atoms with Gasteiger partial charge in [0.25, 0.3) is 5.91 Å². The Morgan fingerprint density at radius 3 is 2.70 bits per heavy atom. The molecule has 1 amide bonds. The molecule has 23 heavy (non-hydrogen) atoms. The minimum atomic E-state index is -0.364. The van der Waals surface area contributed by atoms with Gasteiger partial charge in [0.05, 0.1) is 5.52 Å². The standard InChI is InChI=1S/C19H16N2O2/c1-12-10-13-6-5-9-15-17(13)21(12)11-16(18(15)22)19(23)20-14-7-3-2-4-8-14/h2-9,11-12H,10H2,1H3,(H,20,23)/t12-/m0/s1. The molecule has 0 saturated heterocycles. The number of carbonyl (C=O) groups is 1. The molecule has 3 aromatic rings. The molecule has 2 heterocycles. The predicted molar refractivity (Wildman–Crippen MR) is 91.0 cm³/mol. The van der Waals surface area contributed by atoms with Gasteiger partial charge >= 0.3 is 0 Å². The Balaban J connectivity index is 1.85. The van der Waals surface area contributed by atoms with E-state index in [1.165, 1.54) is 5.56 Å². The maximum atomic E-state index is 12.7. The second-order valence-electron chi connectivity index (χ2n) is 5.97. The Kier molecular flexibility index (Phi) is 3.05. The van der Waals surface area contributed by atoms with E-state index in [4.69, 9.17) is 0 Å². The number of hydrogen-bond donors (Lipinski definition) is 1. The number of hydrogen-bond acceptors (Lipinski definition) is 2. The van der Waals surface area contributed by atoms with Gasteiger partial charge in [-0.15, -0.1) is 0 Å². The molecule has 0 radical (unpaired) electrons. The van der Waals surface area contributed by atoms with E-state index in [1.54, 1.807) is 24.4 Å². The fraction of sp³-hybridized carbons (Fsp3) is 0.158. The summed E-state index contributed by atoms with van der Waals surface area (Å²) in [6, 6.07) is 15.2. The van der Waals surface area contributed by atoms with E-state index in [9.17, 15) is 9.59 Å². The van der Waals surface area contributed by atoms with Crippen molar-refractivity contribution in [3.63, 3.8) is 0 Å². The summed E-state index contributed by atoms with van der Waals surface area (Å²) in [6.07, 6.45) is 2.59. The van der Waals surface area contributed by atoms with Crippen molar-refractivity contribution < 1.29 is 4.79 Å². The van der Waals surface area contributed by atoms with Crippen LogP contribution >= 0.6 is 0 Å². The zero-order chi connectivity index (χ0) is 16.0. The minimum absolute atomic E-state index is 0.187. The number of aromatic nitrogens is 1. The average Bonchev–Trinajstić information content (AvgIpc) is 2.88. The van der Waals surface area contributed by atoms with Gasteiger partial charge in [-0.2, -0.15) is 0 Å². The molecule has 1 N–H and O–H groups in total. The van der Waals surface area contributed by atoms with Crippen LogP contribution in [0.1, 0.15) is 28.9 Å². The zero-order valence-corrected chi connectivity index (χ0v) is 12.7. The van der Waals surface area contributed by atoms with Crippen LogP contribution in [0, 0.1) is 0 Å². The van der Waals surface area contributed by atoms with Crippen molar-refractivity contribution in [1.82, 2.24) is 4.57 Å². The van der Waals surface area contributed by atoms with Crippen LogP contribution in [0.3, 0.4) is 0 Å². The van der Waals surface area contributed by atoms with E-state index in [2.05, 4.69) is 12.2 Å². The van der Waals surface area contributed by atoms with E-state index in [1.807, 2.05) is 34.9 Å². The van der Waals surface area contributed by atoms with Crippen LogP contribution in [-0.2, 0) is 6.42 Å². The van der Waals surface area contributed by atoms with Crippen molar-refractivity contribution in [2.24, 2.45) is 0 Å². The van der Waals surface area contributed by atoms with Gasteiger partial charge in [0.1, 0.15) is 5.56 Å². The number of anilines is 1. The number of rotatable bonds is 2. The molecule has 0 aliphatic carbocycles. The maximum absolute atomic E-state index is 12.7. The summed E-state index contributed by atoms with van der Waals surface area (Å²) in [5, 5.41) is 3.41. The molecular formula is C19H16N2O2. The normalized spacial score (nSPS) is 15.8. The summed E-state index contributed by atoms with van der Waals surface area (Å²) in [5.41, 5.74) is 2.79. The highest BCUT2D eigenvalue weighted by Gasteiger charge is 2.24. The highest BCUT2D eigenvalue weighted by Crippen LogP contribution is 2.30. The number of nitrogens with one attached hydrogen (secondary N) is 1. The quantitative estimate of drug-likeness (QED) is 0.789. The van der Waals surface area contributed by atoms with E-state index in [-0.39, 0.29) is 22.9 Å². The van der Waals surface area contributed by atoms with Crippen LogP contribution in [0.2, 0.25) is 0 Å². The molecule has 1 aliphatic heterocycles. The smallest absolute Gasteiger partial charge is 0.261 e. The molecule has 2 aromatic carbocycles. The molecule has 1 aromatic heterocycles. The minimum Gasteiger partial charge on any atom is -0.343 e. The first kappa shape index (κ1) is 13.8. The Labute approximate surface area is 133 Å². The predicted octanol–water partition coefficient (Wildman–Crippen LogP) is 3.37. The first-order valence-electron chi connectivity index (χ1n) is 7.68. The van der Waals surface area contributed by atoms with E-state index >= 15 is 0 Å². The van der Waals surface area contributed by atoms with Crippen molar-refractivity contribution in [3.05, 3.63) is 76.1 Å². The molecule has 114 valence electrons. The Hall–Kier alpha value is -2.88. The number of para-hydroxylation sites is 2. The molecule has 0 saturated carbocycles. The second kappa shape index (κ2) is 5.09. The molecule has 0 fully saturated rings. The molecule has 0 spiro atoms. The van der Waals surface area contributed by atoms with Crippen molar-refractivity contribution in [2.45, 2.75) is 19.4 Å². The van der Waals surface area contributed by atoms with Gasteiger partial charge in [0.15, 0.2) is 0 Å². The summed E-state index contributed by atoms with van der Waals surface area (Å²) in [4.78, 5) is 25.3. The summed E-state index contributed by atoms with van der Waals surface area (Å²) in [5.74, 6) is -0.364. The lowest BCUT2D eigenvalue weighted by Crippen LogP contribution is -2.23. The van der Waals surface area contributed by atoms with Crippen molar-refractivity contribution >= 4 is 22.5 Å². The van der Waals surface area contributed by atoms with Crippen molar-refractivity contribution in [3.8, 4) is 0 Å². The number of pyridine rings is 1. The molecule has 4 heteroatoms. The van der Waals surface area contributed by atoms with Gasteiger partial charge in [0.2, 0.25) is 5.43 Å². The van der Waals surface area contributed by atoms with Gasteiger partial charge < -0.3 is 9.88 Å². The lowest BCUT2D eigenvalue weighted by Gasteiger charge is -2.12. The maximum Gasteiger partial charge on any atom is 0.261 e. The molecule has 4 nitrogen and oxygen atoms in total.